The summed E-state index contributed by atoms with van der Waals surface area (Å²) in [7, 11) is 0. The standard InChI is InChI=1S/C16H24FNO3/c17-13-4-6-15(7-5-13)21-11-14(19)10-18-12-16(20)8-2-1-3-9-16/h4-7,14,18-20H,1-3,8-12H2. The van der Waals surface area contributed by atoms with Crippen LogP contribution in [0.3, 0.4) is 0 Å². The summed E-state index contributed by atoms with van der Waals surface area (Å²) >= 11 is 0. The summed E-state index contributed by atoms with van der Waals surface area (Å²) in [4.78, 5) is 0. The van der Waals surface area contributed by atoms with Crippen LogP contribution in [0.15, 0.2) is 24.3 Å². The predicted molar refractivity (Wildman–Crippen MR) is 78.8 cm³/mol. The molecule has 1 atom stereocenters. The summed E-state index contributed by atoms with van der Waals surface area (Å²) in [5.41, 5.74) is -0.629. The van der Waals surface area contributed by atoms with Crippen molar-refractivity contribution in [2.75, 3.05) is 19.7 Å². The largest absolute Gasteiger partial charge is 0.491 e. The molecule has 0 saturated heterocycles. The lowest BCUT2D eigenvalue weighted by atomic mass is 9.85. The minimum Gasteiger partial charge on any atom is -0.491 e. The molecule has 1 saturated carbocycles. The van der Waals surface area contributed by atoms with Gasteiger partial charge in [0, 0.05) is 13.1 Å². The molecule has 1 aliphatic rings. The van der Waals surface area contributed by atoms with Gasteiger partial charge in [0.05, 0.1) is 5.60 Å². The average Bonchev–Trinajstić information content (AvgIpc) is 2.47. The Morgan fingerprint density at radius 1 is 1.19 bits per heavy atom. The van der Waals surface area contributed by atoms with E-state index in [-0.39, 0.29) is 12.4 Å². The Kier molecular flexibility index (Phi) is 5.96. The molecule has 1 aliphatic carbocycles. The molecule has 0 heterocycles. The quantitative estimate of drug-likeness (QED) is 0.719. The molecule has 21 heavy (non-hydrogen) atoms. The van der Waals surface area contributed by atoms with Crippen LogP contribution in [0.1, 0.15) is 32.1 Å². The van der Waals surface area contributed by atoms with E-state index in [9.17, 15) is 14.6 Å². The highest BCUT2D eigenvalue weighted by Crippen LogP contribution is 2.27. The van der Waals surface area contributed by atoms with Gasteiger partial charge in [0.1, 0.15) is 24.3 Å². The number of nitrogens with one attached hydrogen (secondary N) is 1. The summed E-state index contributed by atoms with van der Waals surface area (Å²) in [5.74, 6) is 0.214. The Balaban J connectivity index is 1.63. The monoisotopic (exact) mass is 297 g/mol. The highest BCUT2D eigenvalue weighted by molar-refractivity contribution is 5.22. The van der Waals surface area contributed by atoms with Gasteiger partial charge in [-0.15, -0.1) is 0 Å². The lowest BCUT2D eigenvalue weighted by Crippen LogP contribution is -2.44. The number of rotatable bonds is 7. The van der Waals surface area contributed by atoms with Crippen LogP contribution in [-0.4, -0.2) is 41.6 Å². The lowest BCUT2D eigenvalue weighted by Gasteiger charge is -2.32. The zero-order valence-electron chi connectivity index (χ0n) is 12.2. The molecule has 1 fully saturated rings. The van der Waals surface area contributed by atoms with Crippen molar-refractivity contribution in [3.63, 3.8) is 0 Å². The van der Waals surface area contributed by atoms with Crippen molar-refractivity contribution in [1.82, 2.24) is 5.32 Å². The molecule has 118 valence electrons. The Morgan fingerprint density at radius 2 is 1.86 bits per heavy atom. The Morgan fingerprint density at radius 3 is 2.52 bits per heavy atom. The van der Waals surface area contributed by atoms with Gasteiger partial charge < -0.3 is 20.3 Å². The molecular formula is C16H24FNO3. The third-order valence-electron chi connectivity index (χ3n) is 3.87. The number of hydrogen-bond acceptors (Lipinski definition) is 4. The lowest BCUT2D eigenvalue weighted by molar-refractivity contribution is 0.00142. The van der Waals surface area contributed by atoms with Crippen LogP contribution in [-0.2, 0) is 0 Å². The fourth-order valence-electron chi connectivity index (χ4n) is 2.64. The minimum atomic E-state index is -0.665. The zero-order valence-corrected chi connectivity index (χ0v) is 12.2. The fourth-order valence-corrected chi connectivity index (χ4v) is 2.64. The maximum absolute atomic E-state index is 12.7. The second-order valence-corrected chi connectivity index (χ2v) is 5.83. The first-order valence-corrected chi connectivity index (χ1v) is 7.57. The smallest absolute Gasteiger partial charge is 0.123 e. The first-order valence-electron chi connectivity index (χ1n) is 7.57. The van der Waals surface area contributed by atoms with Gasteiger partial charge in [-0.2, -0.15) is 0 Å². The molecule has 0 aliphatic heterocycles. The average molecular weight is 297 g/mol. The van der Waals surface area contributed by atoms with Crippen LogP contribution >= 0.6 is 0 Å². The first-order chi connectivity index (χ1) is 10.1. The van der Waals surface area contributed by atoms with Crippen molar-refractivity contribution in [2.45, 2.75) is 43.8 Å². The molecule has 0 spiro atoms. The van der Waals surface area contributed by atoms with E-state index >= 15 is 0 Å². The van der Waals surface area contributed by atoms with Crippen LogP contribution in [0, 0.1) is 5.82 Å². The molecule has 0 bridgehead atoms. The summed E-state index contributed by atoms with van der Waals surface area (Å²) in [5, 5.41) is 23.2. The first kappa shape index (κ1) is 16.2. The number of aliphatic hydroxyl groups is 2. The van der Waals surface area contributed by atoms with Crippen molar-refractivity contribution in [1.29, 1.82) is 0 Å². The van der Waals surface area contributed by atoms with Crippen molar-refractivity contribution in [3.05, 3.63) is 30.1 Å². The molecule has 0 amide bonds. The van der Waals surface area contributed by atoms with E-state index < -0.39 is 11.7 Å². The maximum atomic E-state index is 12.7. The van der Waals surface area contributed by atoms with Crippen LogP contribution < -0.4 is 10.1 Å². The Labute approximate surface area is 124 Å². The van der Waals surface area contributed by atoms with Gasteiger partial charge in [0.2, 0.25) is 0 Å². The minimum absolute atomic E-state index is 0.136. The SMILES string of the molecule is OC(CNCC1(O)CCCCC1)COc1ccc(F)cc1. The predicted octanol–water partition coefficient (Wildman–Crippen LogP) is 1.85. The zero-order chi connectivity index (χ0) is 15.1. The van der Waals surface area contributed by atoms with Crippen LogP contribution in [0.4, 0.5) is 4.39 Å². The summed E-state index contributed by atoms with van der Waals surface area (Å²) in [6.07, 6.45) is 4.30. The van der Waals surface area contributed by atoms with Gasteiger partial charge in [0.15, 0.2) is 0 Å². The fraction of sp³-hybridized carbons (Fsp3) is 0.625. The number of benzene rings is 1. The highest BCUT2D eigenvalue weighted by Gasteiger charge is 2.28. The van der Waals surface area contributed by atoms with Crippen LogP contribution in [0.25, 0.3) is 0 Å². The van der Waals surface area contributed by atoms with Crippen LogP contribution in [0.5, 0.6) is 5.75 Å². The third-order valence-corrected chi connectivity index (χ3v) is 3.87. The topological polar surface area (TPSA) is 61.7 Å². The maximum Gasteiger partial charge on any atom is 0.123 e. The molecule has 1 aromatic carbocycles. The van der Waals surface area contributed by atoms with Gasteiger partial charge in [-0.25, -0.2) is 4.39 Å². The van der Waals surface area contributed by atoms with Crippen molar-refractivity contribution in [3.8, 4) is 5.75 Å². The molecule has 0 aromatic heterocycles. The Hall–Kier alpha value is -1.17. The van der Waals surface area contributed by atoms with E-state index in [1.54, 1.807) is 0 Å². The summed E-state index contributed by atoms with van der Waals surface area (Å²) < 4.78 is 18.1. The van der Waals surface area contributed by atoms with E-state index in [1.165, 1.54) is 30.7 Å². The third kappa shape index (κ3) is 5.61. The molecule has 1 aromatic rings. The number of halogens is 1. The molecule has 1 unspecified atom stereocenters. The number of aliphatic hydroxyl groups excluding tert-OH is 1. The van der Waals surface area contributed by atoms with Gasteiger partial charge in [-0.3, -0.25) is 0 Å². The van der Waals surface area contributed by atoms with Gasteiger partial charge >= 0.3 is 0 Å². The second-order valence-electron chi connectivity index (χ2n) is 5.83. The van der Waals surface area contributed by atoms with E-state index in [4.69, 9.17) is 4.74 Å². The summed E-state index contributed by atoms with van der Waals surface area (Å²) in [6, 6.07) is 5.69. The molecule has 5 heteroatoms. The van der Waals surface area contributed by atoms with E-state index in [2.05, 4.69) is 5.32 Å². The van der Waals surface area contributed by atoms with Crippen molar-refractivity contribution < 1.29 is 19.3 Å². The van der Waals surface area contributed by atoms with Crippen LogP contribution in [0.2, 0.25) is 0 Å². The van der Waals surface area contributed by atoms with Gasteiger partial charge in [-0.1, -0.05) is 19.3 Å². The number of hydrogen-bond donors (Lipinski definition) is 3. The summed E-state index contributed by atoms with van der Waals surface area (Å²) in [6.45, 7) is 1.00. The molecule has 3 N–H and O–H groups in total. The van der Waals surface area contributed by atoms with Crippen molar-refractivity contribution >= 4 is 0 Å². The van der Waals surface area contributed by atoms with E-state index in [0.717, 1.165) is 25.7 Å². The molecule has 4 nitrogen and oxygen atoms in total. The molecule has 0 radical (unpaired) electrons. The van der Waals surface area contributed by atoms with Crippen molar-refractivity contribution in [2.24, 2.45) is 0 Å². The highest BCUT2D eigenvalue weighted by atomic mass is 19.1. The second kappa shape index (κ2) is 7.73. The Bertz CT molecular complexity index is 418. The van der Waals surface area contributed by atoms with Gasteiger partial charge in [0.25, 0.3) is 0 Å². The van der Waals surface area contributed by atoms with E-state index in [0.29, 0.717) is 18.8 Å². The van der Waals surface area contributed by atoms with E-state index in [1.807, 2.05) is 0 Å². The number of ether oxygens (including phenoxy) is 1. The van der Waals surface area contributed by atoms with Gasteiger partial charge in [-0.05, 0) is 37.1 Å². The normalized spacial score (nSPS) is 19.2. The molecular weight excluding hydrogens is 273 g/mol. The molecule has 2 rings (SSSR count).